The maximum Gasteiger partial charge on any atom is 0.431 e. The van der Waals surface area contributed by atoms with Crippen LogP contribution in [-0.2, 0) is 12.7 Å². The Kier molecular flexibility index (Phi) is 4.47. The van der Waals surface area contributed by atoms with Crippen molar-refractivity contribution in [2.45, 2.75) is 25.2 Å². The fourth-order valence-electron chi connectivity index (χ4n) is 2.09. The average molecular weight is 297 g/mol. The first-order chi connectivity index (χ1) is 9.89. The monoisotopic (exact) mass is 297 g/mol. The van der Waals surface area contributed by atoms with Gasteiger partial charge in [-0.3, -0.25) is 4.79 Å². The molecule has 6 heteroatoms. The van der Waals surface area contributed by atoms with Crippen molar-refractivity contribution in [1.82, 2.24) is 4.57 Å². The quantitative estimate of drug-likeness (QED) is 0.942. The van der Waals surface area contributed by atoms with Gasteiger partial charge in [0.2, 0.25) is 0 Å². The van der Waals surface area contributed by atoms with Crippen molar-refractivity contribution >= 4 is 0 Å². The molecule has 0 saturated heterocycles. The Balaban J connectivity index is 2.19. The molecule has 1 heterocycles. The van der Waals surface area contributed by atoms with Gasteiger partial charge in [0.1, 0.15) is 5.69 Å². The van der Waals surface area contributed by atoms with Gasteiger partial charge < -0.3 is 9.67 Å². The third-order valence-corrected chi connectivity index (χ3v) is 3.15. The predicted molar refractivity (Wildman–Crippen MR) is 71.7 cm³/mol. The van der Waals surface area contributed by atoms with Crippen LogP contribution in [0.5, 0.6) is 0 Å². The number of pyridine rings is 1. The van der Waals surface area contributed by atoms with Crippen LogP contribution in [0.1, 0.15) is 23.8 Å². The fraction of sp³-hybridized carbons (Fsp3) is 0.267. The number of hydrogen-bond acceptors (Lipinski definition) is 2. The topological polar surface area (TPSA) is 42.2 Å². The summed E-state index contributed by atoms with van der Waals surface area (Å²) in [5.74, 6) is 0. The number of aliphatic hydroxyl groups is 1. The zero-order valence-corrected chi connectivity index (χ0v) is 11.0. The van der Waals surface area contributed by atoms with Gasteiger partial charge in [-0.2, -0.15) is 13.2 Å². The van der Waals surface area contributed by atoms with Crippen molar-refractivity contribution in [1.29, 1.82) is 0 Å². The average Bonchev–Trinajstić information content (AvgIpc) is 2.45. The van der Waals surface area contributed by atoms with E-state index in [2.05, 4.69) is 0 Å². The molecule has 0 saturated carbocycles. The van der Waals surface area contributed by atoms with E-state index < -0.39 is 23.5 Å². The molecule has 1 unspecified atom stereocenters. The molecule has 2 aromatic rings. The van der Waals surface area contributed by atoms with Crippen LogP contribution in [0.15, 0.2) is 53.3 Å². The lowest BCUT2D eigenvalue weighted by atomic mass is 10.1. The van der Waals surface area contributed by atoms with Crippen molar-refractivity contribution in [3.05, 3.63) is 70.1 Å². The molecule has 0 bridgehead atoms. The first kappa shape index (κ1) is 15.3. The van der Waals surface area contributed by atoms with E-state index in [0.717, 1.165) is 18.2 Å². The minimum atomic E-state index is -4.60. The number of nitrogens with zero attached hydrogens (tertiary/aromatic N) is 1. The minimum Gasteiger partial charge on any atom is -0.388 e. The van der Waals surface area contributed by atoms with Crippen LogP contribution in [0.2, 0.25) is 0 Å². The molecule has 0 fully saturated rings. The van der Waals surface area contributed by atoms with Gasteiger partial charge in [0.05, 0.1) is 6.10 Å². The van der Waals surface area contributed by atoms with E-state index in [1.54, 1.807) is 30.3 Å². The SMILES string of the molecule is O=c1cccc(C(F)(F)F)n1CCC(O)c1ccccc1. The van der Waals surface area contributed by atoms with Gasteiger partial charge in [0.25, 0.3) is 5.56 Å². The van der Waals surface area contributed by atoms with Crippen LogP contribution in [-0.4, -0.2) is 9.67 Å². The highest BCUT2D eigenvalue weighted by molar-refractivity contribution is 5.17. The number of hydrogen-bond donors (Lipinski definition) is 1. The van der Waals surface area contributed by atoms with Crippen molar-refractivity contribution in [2.75, 3.05) is 0 Å². The molecule has 2 rings (SSSR count). The Hall–Kier alpha value is -2.08. The molecule has 112 valence electrons. The molecule has 0 spiro atoms. The lowest BCUT2D eigenvalue weighted by molar-refractivity contribution is -0.144. The van der Waals surface area contributed by atoms with E-state index in [1.807, 2.05) is 0 Å². The van der Waals surface area contributed by atoms with Gasteiger partial charge in [-0.05, 0) is 18.1 Å². The zero-order valence-electron chi connectivity index (χ0n) is 11.0. The number of aliphatic hydroxyl groups excluding tert-OH is 1. The second-order valence-electron chi connectivity index (χ2n) is 4.61. The largest absolute Gasteiger partial charge is 0.431 e. The Morgan fingerprint density at radius 1 is 1.05 bits per heavy atom. The molecule has 1 atom stereocenters. The lowest BCUT2D eigenvalue weighted by Gasteiger charge is -2.17. The maximum atomic E-state index is 12.9. The van der Waals surface area contributed by atoms with Crippen molar-refractivity contribution in [2.24, 2.45) is 0 Å². The molecular weight excluding hydrogens is 283 g/mol. The summed E-state index contributed by atoms with van der Waals surface area (Å²) in [5, 5.41) is 9.97. The highest BCUT2D eigenvalue weighted by Gasteiger charge is 2.34. The predicted octanol–water partition coefficient (Wildman–Crippen LogP) is 2.99. The Morgan fingerprint density at radius 2 is 1.71 bits per heavy atom. The van der Waals surface area contributed by atoms with Crippen molar-refractivity contribution in [3.63, 3.8) is 0 Å². The standard InChI is InChI=1S/C15H14F3NO2/c16-15(17,18)13-7-4-8-14(21)19(13)10-9-12(20)11-5-2-1-3-6-11/h1-8,12,20H,9-10H2. The van der Waals surface area contributed by atoms with E-state index in [1.165, 1.54) is 0 Å². The Labute approximate surface area is 119 Å². The zero-order chi connectivity index (χ0) is 15.5. The third-order valence-electron chi connectivity index (χ3n) is 3.15. The summed E-state index contributed by atoms with van der Waals surface area (Å²) in [6.07, 6.45) is -5.49. The first-order valence-electron chi connectivity index (χ1n) is 6.39. The van der Waals surface area contributed by atoms with Gasteiger partial charge >= 0.3 is 6.18 Å². The molecule has 3 nitrogen and oxygen atoms in total. The molecule has 0 aliphatic rings. The number of benzene rings is 1. The van der Waals surface area contributed by atoms with Crippen molar-refractivity contribution < 1.29 is 18.3 Å². The van der Waals surface area contributed by atoms with Crippen molar-refractivity contribution in [3.8, 4) is 0 Å². The molecular formula is C15H14F3NO2. The molecule has 0 amide bonds. The van der Waals surface area contributed by atoms with Gasteiger partial charge in [-0.25, -0.2) is 0 Å². The molecule has 0 aliphatic carbocycles. The summed E-state index contributed by atoms with van der Waals surface area (Å²) >= 11 is 0. The second-order valence-corrected chi connectivity index (χ2v) is 4.61. The lowest BCUT2D eigenvalue weighted by Crippen LogP contribution is -2.27. The summed E-state index contributed by atoms with van der Waals surface area (Å²) in [4.78, 5) is 11.6. The summed E-state index contributed by atoms with van der Waals surface area (Å²) in [7, 11) is 0. The highest BCUT2D eigenvalue weighted by atomic mass is 19.4. The summed E-state index contributed by atoms with van der Waals surface area (Å²) in [6.45, 7) is -0.204. The molecule has 0 radical (unpaired) electrons. The number of alkyl halides is 3. The van der Waals surface area contributed by atoms with Gasteiger partial charge in [0.15, 0.2) is 0 Å². The maximum absolute atomic E-state index is 12.9. The van der Waals surface area contributed by atoms with Crippen LogP contribution in [0.3, 0.4) is 0 Å². The van der Waals surface area contributed by atoms with Crippen LogP contribution in [0.25, 0.3) is 0 Å². The molecule has 1 N–H and O–H groups in total. The first-order valence-corrected chi connectivity index (χ1v) is 6.39. The summed E-state index contributed by atoms with van der Waals surface area (Å²) in [5.41, 5.74) is -1.13. The van der Waals surface area contributed by atoms with Gasteiger partial charge in [0, 0.05) is 12.6 Å². The van der Waals surface area contributed by atoms with E-state index in [0.29, 0.717) is 10.1 Å². The fourth-order valence-corrected chi connectivity index (χ4v) is 2.09. The molecule has 21 heavy (non-hydrogen) atoms. The van der Waals surface area contributed by atoms with Crippen LogP contribution >= 0.6 is 0 Å². The van der Waals surface area contributed by atoms with E-state index >= 15 is 0 Å². The normalized spacial score (nSPS) is 13.1. The molecule has 0 aliphatic heterocycles. The number of aromatic nitrogens is 1. The third kappa shape index (κ3) is 3.72. The van der Waals surface area contributed by atoms with Crippen LogP contribution in [0, 0.1) is 0 Å². The number of rotatable bonds is 4. The van der Waals surface area contributed by atoms with E-state index in [-0.39, 0.29) is 13.0 Å². The van der Waals surface area contributed by atoms with Crippen LogP contribution < -0.4 is 5.56 Å². The van der Waals surface area contributed by atoms with E-state index in [4.69, 9.17) is 0 Å². The second kappa shape index (κ2) is 6.13. The number of halogens is 3. The van der Waals surface area contributed by atoms with E-state index in [9.17, 15) is 23.1 Å². The molecule has 1 aromatic carbocycles. The van der Waals surface area contributed by atoms with Gasteiger partial charge in [-0.1, -0.05) is 36.4 Å². The Morgan fingerprint density at radius 3 is 2.33 bits per heavy atom. The smallest absolute Gasteiger partial charge is 0.388 e. The van der Waals surface area contributed by atoms with Gasteiger partial charge in [-0.15, -0.1) is 0 Å². The Bertz CT molecular complexity index is 650. The highest BCUT2D eigenvalue weighted by Crippen LogP contribution is 2.28. The van der Waals surface area contributed by atoms with Crippen LogP contribution in [0.4, 0.5) is 13.2 Å². The summed E-state index contributed by atoms with van der Waals surface area (Å²) in [6, 6.07) is 11.6. The molecule has 1 aromatic heterocycles. The minimum absolute atomic E-state index is 0.0248. The summed E-state index contributed by atoms with van der Waals surface area (Å²) < 4.78 is 39.2.